The number of urea groups is 1. The van der Waals surface area contributed by atoms with E-state index < -0.39 is 0 Å². The van der Waals surface area contributed by atoms with Crippen LogP contribution >= 0.6 is 0 Å². The van der Waals surface area contributed by atoms with E-state index in [1.807, 2.05) is 11.5 Å². The minimum atomic E-state index is -0.158. The van der Waals surface area contributed by atoms with Crippen molar-refractivity contribution in [3.05, 3.63) is 12.2 Å². The van der Waals surface area contributed by atoms with Gasteiger partial charge in [-0.25, -0.2) is 4.79 Å². The Hall–Kier alpha value is -1.67. The van der Waals surface area contributed by atoms with Gasteiger partial charge in [-0.2, -0.15) is 0 Å². The zero-order valence-electron chi connectivity index (χ0n) is 14.5. The van der Waals surface area contributed by atoms with Crippen LogP contribution in [0.25, 0.3) is 0 Å². The monoisotopic (exact) mass is 323 g/mol. The van der Waals surface area contributed by atoms with Gasteiger partial charge in [-0.05, 0) is 20.4 Å². The van der Waals surface area contributed by atoms with Crippen LogP contribution in [0, 0.1) is 0 Å². The number of hydrogen-bond donors (Lipinski definition) is 2. The predicted molar refractivity (Wildman–Crippen MR) is 89.1 cm³/mol. The van der Waals surface area contributed by atoms with Crippen molar-refractivity contribution in [3.8, 4) is 0 Å². The third-order valence-electron chi connectivity index (χ3n) is 4.48. The Balaban J connectivity index is 1.66. The van der Waals surface area contributed by atoms with Crippen molar-refractivity contribution in [2.45, 2.75) is 39.9 Å². The van der Waals surface area contributed by atoms with E-state index in [1.54, 1.807) is 6.33 Å². The topological polar surface area (TPSA) is 78.3 Å². The third kappa shape index (κ3) is 5.18. The molecule has 0 unspecified atom stereocenters. The molecule has 0 aliphatic carbocycles. The minimum absolute atomic E-state index is 0.158. The number of nitrogens with zero attached hydrogens (tertiary/aromatic N) is 5. The predicted octanol–water partition coefficient (Wildman–Crippen LogP) is 0.123. The fourth-order valence-electron chi connectivity index (χ4n) is 2.79. The molecule has 1 fully saturated rings. The number of piperazine rings is 1. The van der Waals surface area contributed by atoms with Crippen LogP contribution in [0.2, 0.25) is 0 Å². The summed E-state index contributed by atoms with van der Waals surface area (Å²) in [5, 5.41) is 13.6. The van der Waals surface area contributed by atoms with Crippen molar-refractivity contribution in [3.63, 3.8) is 0 Å². The van der Waals surface area contributed by atoms with E-state index in [4.69, 9.17) is 0 Å². The fourth-order valence-corrected chi connectivity index (χ4v) is 2.79. The summed E-state index contributed by atoms with van der Waals surface area (Å²) in [7, 11) is 0. The van der Waals surface area contributed by atoms with Gasteiger partial charge in [-0.3, -0.25) is 4.90 Å². The van der Waals surface area contributed by atoms with Gasteiger partial charge in [0.25, 0.3) is 0 Å². The van der Waals surface area contributed by atoms with Crippen LogP contribution < -0.4 is 10.6 Å². The second-order valence-electron chi connectivity index (χ2n) is 5.92. The van der Waals surface area contributed by atoms with E-state index in [1.165, 1.54) is 0 Å². The maximum atomic E-state index is 11.9. The van der Waals surface area contributed by atoms with E-state index in [-0.39, 0.29) is 6.03 Å². The van der Waals surface area contributed by atoms with Crippen LogP contribution in [0.15, 0.2) is 6.33 Å². The summed E-state index contributed by atoms with van der Waals surface area (Å²) in [6.07, 6.45) is 1.67. The zero-order valence-corrected chi connectivity index (χ0v) is 14.5. The molecule has 1 aromatic heterocycles. The summed E-state index contributed by atoms with van der Waals surface area (Å²) in [6.45, 7) is 13.7. The van der Waals surface area contributed by atoms with Gasteiger partial charge in [0, 0.05) is 45.3 Å². The largest absolute Gasteiger partial charge is 0.337 e. The quantitative estimate of drug-likeness (QED) is 0.745. The molecule has 2 amide bonds. The van der Waals surface area contributed by atoms with Crippen molar-refractivity contribution in [1.82, 2.24) is 35.2 Å². The highest BCUT2D eigenvalue weighted by atomic mass is 16.2. The lowest BCUT2D eigenvalue weighted by Gasteiger charge is -2.37. The molecule has 0 bridgehead atoms. The standard InChI is InChI=1S/C15H29N7O/c1-4-20-6-8-22(9-7-20)13(3)10-16-15(23)17-11-14-19-18-12-21(14)5-2/h12-13H,4-11H2,1-3H3,(H2,16,17,23)/t13-/m0/s1. The zero-order chi connectivity index (χ0) is 16.7. The molecular weight excluding hydrogens is 294 g/mol. The Labute approximate surface area is 138 Å². The highest BCUT2D eigenvalue weighted by molar-refractivity contribution is 5.73. The average molecular weight is 323 g/mol. The van der Waals surface area contributed by atoms with Crippen LogP contribution in [0.4, 0.5) is 4.79 Å². The Morgan fingerprint density at radius 2 is 1.96 bits per heavy atom. The van der Waals surface area contributed by atoms with Crippen LogP contribution in [0.5, 0.6) is 0 Å². The average Bonchev–Trinajstić information content (AvgIpc) is 3.05. The lowest BCUT2D eigenvalue weighted by atomic mass is 10.2. The third-order valence-corrected chi connectivity index (χ3v) is 4.48. The number of nitrogens with one attached hydrogen (secondary N) is 2. The van der Waals surface area contributed by atoms with Crippen molar-refractivity contribution >= 4 is 6.03 Å². The molecule has 2 N–H and O–H groups in total. The van der Waals surface area contributed by atoms with Crippen molar-refractivity contribution < 1.29 is 4.79 Å². The first-order valence-corrected chi connectivity index (χ1v) is 8.48. The van der Waals surface area contributed by atoms with Gasteiger partial charge in [0.15, 0.2) is 5.82 Å². The molecular formula is C15H29N7O. The van der Waals surface area contributed by atoms with Crippen molar-refractivity contribution in [2.75, 3.05) is 39.3 Å². The van der Waals surface area contributed by atoms with Gasteiger partial charge in [0.2, 0.25) is 0 Å². The smallest absolute Gasteiger partial charge is 0.315 e. The molecule has 2 heterocycles. The SMILES string of the molecule is CCN1CCN([C@@H](C)CNC(=O)NCc2nncn2CC)CC1. The molecule has 23 heavy (non-hydrogen) atoms. The molecule has 0 radical (unpaired) electrons. The Bertz CT molecular complexity index is 482. The molecule has 1 aliphatic rings. The summed E-state index contributed by atoms with van der Waals surface area (Å²) < 4.78 is 1.91. The summed E-state index contributed by atoms with van der Waals surface area (Å²) in [5.41, 5.74) is 0. The van der Waals surface area contributed by atoms with E-state index in [0.29, 0.717) is 19.1 Å². The van der Waals surface area contributed by atoms with Gasteiger partial charge in [0.05, 0.1) is 6.54 Å². The molecule has 0 spiro atoms. The number of hydrogen-bond acceptors (Lipinski definition) is 5. The number of carbonyl (C=O) groups excluding carboxylic acids is 1. The number of aryl methyl sites for hydroxylation is 1. The molecule has 1 saturated heterocycles. The number of carbonyl (C=O) groups is 1. The van der Waals surface area contributed by atoms with Gasteiger partial charge in [-0.15, -0.1) is 10.2 Å². The molecule has 8 nitrogen and oxygen atoms in total. The number of rotatable bonds is 7. The fraction of sp³-hybridized carbons (Fsp3) is 0.800. The lowest BCUT2D eigenvalue weighted by Crippen LogP contribution is -2.52. The second-order valence-corrected chi connectivity index (χ2v) is 5.92. The molecule has 2 rings (SSSR count). The summed E-state index contributed by atoms with van der Waals surface area (Å²) >= 11 is 0. The van der Waals surface area contributed by atoms with Crippen LogP contribution in [0.3, 0.4) is 0 Å². The summed E-state index contributed by atoms with van der Waals surface area (Å²) in [5.74, 6) is 0.770. The van der Waals surface area contributed by atoms with Gasteiger partial charge in [0.1, 0.15) is 6.33 Å². The van der Waals surface area contributed by atoms with Gasteiger partial charge < -0.3 is 20.1 Å². The Morgan fingerprint density at radius 3 is 2.61 bits per heavy atom. The van der Waals surface area contributed by atoms with Crippen molar-refractivity contribution in [2.24, 2.45) is 0 Å². The molecule has 8 heteroatoms. The highest BCUT2D eigenvalue weighted by Crippen LogP contribution is 2.05. The van der Waals surface area contributed by atoms with E-state index >= 15 is 0 Å². The van der Waals surface area contributed by atoms with Gasteiger partial charge >= 0.3 is 6.03 Å². The molecule has 130 valence electrons. The maximum Gasteiger partial charge on any atom is 0.315 e. The van der Waals surface area contributed by atoms with Crippen LogP contribution in [0.1, 0.15) is 26.6 Å². The lowest BCUT2D eigenvalue weighted by molar-refractivity contribution is 0.106. The summed E-state index contributed by atoms with van der Waals surface area (Å²) in [6, 6.07) is 0.189. The first-order chi connectivity index (χ1) is 11.1. The number of aromatic nitrogens is 3. The van der Waals surface area contributed by atoms with Crippen LogP contribution in [-0.4, -0.2) is 75.9 Å². The minimum Gasteiger partial charge on any atom is -0.337 e. The summed E-state index contributed by atoms with van der Waals surface area (Å²) in [4.78, 5) is 16.8. The first kappa shape index (κ1) is 17.7. The Kier molecular flexibility index (Phi) is 6.79. The second kappa shape index (κ2) is 8.83. The van der Waals surface area contributed by atoms with Crippen molar-refractivity contribution in [1.29, 1.82) is 0 Å². The number of likely N-dealkylation sites (N-methyl/N-ethyl adjacent to an activating group) is 1. The van der Waals surface area contributed by atoms with Gasteiger partial charge in [-0.1, -0.05) is 6.92 Å². The normalized spacial score (nSPS) is 17.9. The number of amides is 2. The van der Waals surface area contributed by atoms with E-state index in [9.17, 15) is 4.79 Å². The Morgan fingerprint density at radius 1 is 1.22 bits per heavy atom. The molecule has 0 saturated carbocycles. The molecule has 1 atom stereocenters. The first-order valence-electron chi connectivity index (χ1n) is 8.48. The molecule has 0 aromatic carbocycles. The molecule has 1 aromatic rings. The maximum absolute atomic E-state index is 11.9. The van der Waals surface area contributed by atoms with Crippen LogP contribution in [-0.2, 0) is 13.1 Å². The molecule has 1 aliphatic heterocycles. The van der Waals surface area contributed by atoms with E-state index in [2.05, 4.69) is 44.5 Å². The highest BCUT2D eigenvalue weighted by Gasteiger charge is 2.20. The van der Waals surface area contributed by atoms with E-state index in [0.717, 1.165) is 45.1 Å².